The fourth-order valence-corrected chi connectivity index (χ4v) is 3.21. The second-order valence-electron chi connectivity index (χ2n) is 4.36. The van der Waals surface area contributed by atoms with Crippen molar-refractivity contribution < 1.29 is 18.3 Å². The van der Waals surface area contributed by atoms with Crippen LogP contribution in [-0.4, -0.2) is 31.6 Å². The van der Waals surface area contributed by atoms with E-state index in [0.717, 1.165) is 4.47 Å². The van der Waals surface area contributed by atoms with E-state index in [4.69, 9.17) is 4.74 Å². The molecule has 0 unspecified atom stereocenters. The fraction of sp³-hybridized carbons (Fsp3) is 0.538. The summed E-state index contributed by atoms with van der Waals surface area (Å²) in [4.78, 5) is 0. The van der Waals surface area contributed by atoms with E-state index < -0.39 is 15.9 Å². The van der Waals surface area contributed by atoms with Gasteiger partial charge in [0.2, 0.25) is 0 Å². The maximum Gasteiger partial charge on any atom is 0.153 e. The number of sulfone groups is 1. The standard InChI is InChI=1S/C13H19BrO4S/c1-3-7-19(16,17)8-6-18-13-5-4-11(14)9-12(13)10(2)15/h4-5,9-10,15H,3,6-8H2,1-2H3/t10-/m0/s1. The van der Waals surface area contributed by atoms with Crippen molar-refractivity contribution >= 4 is 25.8 Å². The number of benzene rings is 1. The molecule has 0 amide bonds. The first kappa shape index (κ1) is 16.5. The first-order valence-electron chi connectivity index (χ1n) is 6.16. The van der Waals surface area contributed by atoms with Gasteiger partial charge in [0.1, 0.15) is 12.4 Å². The lowest BCUT2D eigenvalue weighted by Crippen LogP contribution is -2.17. The van der Waals surface area contributed by atoms with Gasteiger partial charge in [0, 0.05) is 10.0 Å². The highest BCUT2D eigenvalue weighted by molar-refractivity contribution is 9.10. The summed E-state index contributed by atoms with van der Waals surface area (Å²) in [7, 11) is -3.04. The molecule has 0 fully saturated rings. The van der Waals surface area contributed by atoms with Crippen LogP contribution in [-0.2, 0) is 9.84 Å². The van der Waals surface area contributed by atoms with Gasteiger partial charge in [-0.25, -0.2) is 8.42 Å². The number of aliphatic hydroxyl groups excluding tert-OH is 1. The number of rotatable bonds is 7. The molecule has 0 bridgehead atoms. The Bertz CT molecular complexity index is 511. The maximum absolute atomic E-state index is 11.6. The normalized spacial score (nSPS) is 13.3. The van der Waals surface area contributed by atoms with Crippen LogP contribution >= 0.6 is 15.9 Å². The Labute approximate surface area is 122 Å². The number of ether oxygens (including phenoxy) is 1. The molecular weight excluding hydrogens is 332 g/mol. The summed E-state index contributed by atoms with van der Waals surface area (Å²) in [6, 6.07) is 5.28. The predicted molar refractivity (Wildman–Crippen MR) is 79.2 cm³/mol. The van der Waals surface area contributed by atoms with Crippen LogP contribution in [0.4, 0.5) is 0 Å². The third-order valence-corrected chi connectivity index (χ3v) is 4.90. The van der Waals surface area contributed by atoms with Crippen molar-refractivity contribution in [3.8, 4) is 5.75 Å². The highest BCUT2D eigenvalue weighted by Crippen LogP contribution is 2.28. The van der Waals surface area contributed by atoms with Gasteiger partial charge in [0.05, 0.1) is 17.6 Å². The topological polar surface area (TPSA) is 63.6 Å². The average Bonchev–Trinajstić information content (AvgIpc) is 2.30. The van der Waals surface area contributed by atoms with E-state index >= 15 is 0 Å². The van der Waals surface area contributed by atoms with Crippen LogP contribution in [0.3, 0.4) is 0 Å². The van der Waals surface area contributed by atoms with Crippen molar-refractivity contribution in [2.24, 2.45) is 0 Å². The van der Waals surface area contributed by atoms with Gasteiger partial charge in [-0.3, -0.25) is 0 Å². The number of aliphatic hydroxyl groups is 1. The minimum Gasteiger partial charge on any atom is -0.492 e. The second kappa shape index (κ2) is 7.26. The molecule has 0 spiro atoms. The molecule has 1 aromatic rings. The highest BCUT2D eigenvalue weighted by atomic mass is 79.9. The molecular formula is C13H19BrO4S. The van der Waals surface area contributed by atoms with E-state index in [-0.39, 0.29) is 18.1 Å². The molecule has 19 heavy (non-hydrogen) atoms. The highest BCUT2D eigenvalue weighted by Gasteiger charge is 2.13. The van der Waals surface area contributed by atoms with Crippen molar-refractivity contribution in [3.05, 3.63) is 28.2 Å². The molecule has 1 N–H and O–H groups in total. The Kier molecular flexibility index (Phi) is 6.29. The first-order chi connectivity index (χ1) is 8.85. The smallest absolute Gasteiger partial charge is 0.153 e. The lowest BCUT2D eigenvalue weighted by molar-refractivity contribution is 0.192. The minimum atomic E-state index is -3.04. The number of hydrogen-bond acceptors (Lipinski definition) is 4. The van der Waals surface area contributed by atoms with Crippen LogP contribution in [0.5, 0.6) is 5.75 Å². The molecule has 1 rings (SSSR count). The molecule has 0 aliphatic heterocycles. The first-order valence-corrected chi connectivity index (χ1v) is 8.78. The molecule has 1 atom stereocenters. The summed E-state index contributed by atoms with van der Waals surface area (Å²) in [5.74, 6) is 0.695. The van der Waals surface area contributed by atoms with Crippen molar-refractivity contribution in [1.29, 1.82) is 0 Å². The SMILES string of the molecule is CCCS(=O)(=O)CCOc1ccc(Br)cc1[C@H](C)O. The van der Waals surface area contributed by atoms with Crippen LogP contribution in [0, 0.1) is 0 Å². The molecule has 0 aliphatic rings. The van der Waals surface area contributed by atoms with Crippen LogP contribution in [0.25, 0.3) is 0 Å². The molecule has 6 heteroatoms. The lowest BCUT2D eigenvalue weighted by Gasteiger charge is -2.14. The van der Waals surface area contributed by atoms with Gasteiger partial charge in [-0.1, -0.05) is 22.9 Å². The van der Waals surface area contributed by atoms with Gasteiger partial charge < -0.3 is 9.84 Å². The van der Waals surface area contributed by atoms with Crippen molar-refractivity contribution in [2.75, 3.05) is 18.1 Å². The molecule has 1 aromatic carbocycles. The summed E-state index contributed by atoms with van der Waals surface area (Å²) in [5, 5.41) is 9.65. The van der Waals surface area contributed by atoms with E-state index in [0.29, 0.717) is 17.7 Å². The Morgan fingerprint density at radius 3 is 2.63 bits per heavy atom. The second-order valence-corrected chi connectivity index (χ2v) is 7.58. The predicted octanol–water partition coefficient (Wildman–Crippen LogP) is 2.71. The van der Waals surface area contributed by atoms with Crippen LogP contribution in [0.2, 0.25) is 0 Å². The van der Waals surface area contributed by atoms with Crippen molar-refractivity contribution in [3.63, 3.8) is 0 Å². The Balaban J connectivity index is 2.68. The molecule has 0 aliphatic carbocycles. The molecule has 0 radical (unpaired) electrons. The van der Waals surface area contributed by atoms with Gasteiger partial charge in [-0.2, -0.15) is 0 Å². The zero-order valence-electron chi connectivity index (χ0n) is 11.1. The summed E-state index contributed by atoms with van der Waals surface area (Å²) >= 11 is 3.32. The van der Waals surface area contributed by atoms with E-state index in [1.807, 2.05) is 6.92 Å². The molecule has 0 aromatic heterocycles. The number of halogens is 1. The lowest BCUT2D eigenvalue weighted by atomic mass is 10.1. The number of hydrogen-bond donors (Lipinski definition) is 1. The monoisotopic (exact) mass is 350 g/mol. The van der Waals surface area contributed by atoms with Crippen LogP contribution in [0.15, 0.2) is 22.7 Å². The third-order valence-electron chi connectivity index (χ3n) is 2.59. The Hall–Kier alpha value is -0.590. The fourth-order valence-electron chi connectivity index (χ4n) is 1.67. The van der Waals surface area contributed by atoms with Gasteiger partial charge in [-0.15, -0.1) is 0 Å². The molecule has 4 nitrogen and oxygen atoms in total. The van der Waals surface area contributed by atoms with E-state index in [1.165, 1.54) is 0 Å². The molecule has 0 heterocycles. The van der Waals surface area contributed by atoms with Gasteiger partial charge in [0.15, 0.2) is 9.84 Å². The molecule has 108 valence electrons. The minimum absolute atomic E-state index is 0.00382. The Morgan fingerprint density at radius 1 is 1.37 bits per heavy atom. The van der Waals surface area contributed by atoms with E-state index in [1.54, 1.807) is 25.1 Å². The summed E-state index contributed by atoms with van der Waals surface area (Å²) in [6.45, 7) is 3.57. The van der Waals surface area contributed by atoms with E-state index in [9.17, 15) is 13.5 Å². The molecule has 0 saturated carbocycles. The van der Waals surface area contributed by atoms with Gasteiger partial charge >= 0.3 is 0 Å². The summed E-state index contributed by atoms with van der Waals surface area (Å²) < 4.78 is 29.4. The van der Waals surface area contributed by atoms with Gasteiger partial charge in [0.25, 0.3) is 0 Å². The van der Waals surface area contributed by atoms with Crippen molar-refractivity contribution in [1.82, 2.24) is 0 Å². The maximum atomic E-state index is 11.6. The Morgan fingerprint density at radius 2 is 2.05 bits per heavy atom. The summed E-state index contributed by atoms with van der Waals surface area (Å²) in [5.41, 5.74) is 0.641. The van der Waals surface area contributed by atoms with Crippen LogP contribution in [0.1, 0.15) is 31.9 Å². The zero-order chi connectivity index (χ0) is 14.5. The summed E-state index contributed by atoms with van der Waals surface area (Å²) in [6.07, 6.45) is -0.0562. The van der Waals surface area contributed by atoms with E-state index in [2.05, 4.69) is 15.9 Å². The average molecular weight is 351 g/mol. The quantitative estimate of drug-likeness (QED) is 0.820. The van der Waals surface area contributed by atoms with Crippen molar-refractivity contribution in [2.45, 2.75) is 26.4 Å². The molecule has 0 saturated heterocycles. The largest absolute Gasteiger partial charge is 0.492 e. The zero-order valence-corrected chi connectivity index (χ0v) is 13.5. The van der Waals surface area contributed by atoms with Gasteiger partial charge in [-0.05, 0) is 31.5 Å². The van der Waals surface area contributed by atoms with Crippen LogP contribution < -0.4 is 4.74 Å². The third kappa shape index (κ3) is 5.50.